The summed E-state index contributed by atoms with van der Waals surface area (Å²) in [5, 5.41) is 0. The van der Waals surface area contributed by atoms with E-state index in [1.807, 2.05) is 13.8 Å². The highest BCUT2D eigenvalue weighted by molar-refractivity contribution is 5.76. The Balaban J connectivity index is 3.82. The minimum absolute atomic E-state index is 0.0293. The van der Waals surface area contributed by atoms with Gasteiger partial charge in [0.2, 0.25) is 5.91 Å². The Morgan fingerprint density at radius 1 is 1.50 bits per heavy atom. The molecule has 0 heterocycles. The minimum atomic E-state index is 0.0293. The van der Waals surface area contributed by atoms with Crippen molar-refractivity contribution in [1.29, 1.82) is 0 Å². The van der Waals surface area contributed by atoms with Gasteiger partial charge in [-0.15, -0.1) is 0 Å². The molecule has 0 bridgehead atoms. The van der Waals surface area contributed by atoms with Gasteiger partial charge in [0.05, 0.1) is 0 Å². The average molecular weight is 202 g/mol. The monoisotopic (exact) mass is 202 g/mol. The molecule has 0 aromatic carbocycles. The predicted molar refractivity (Wildman–Crippen MR) is 56.9 cm³/mol. The summed E-state index contributed by atoms with van der Waals surface area (Å²) in [6.45, 7) is 5.12. The third-order valence-corrected chi connectivity index (χ3v) is 1.96. The maximum atomic E-state index is 11.6. The lowest BCUT2D eigenvalue weighted by molar-refractivity contribution is -0.131. The van der Waals surface area contributed by atoms with E-state index in [1.165, 1.54) is 0 Å². The number of rotatable bonds is 6. The van der Waals surface area contributed by atoms with Crippen LogP contribution in [0, 0.1) is 5.92 Å². The van der Waals surface area contributed by atoms with Crippen LogP contribution < -0.4 is 5.73 Å². The smallest absolute Gasteiger partial charge is 0.222 e. The van der Waals surface area contributed by atoms with Gasteiger partial charge >= 0.3 is 0 Å². The number of carbonyl (C=O) groups excluding carboxylic acids is 1. The molecule has 0 rings (SSSR count). The number of carbonyl (C=O) groups is 1. The van der Waals surface area contributed by atoms with Crippen LogP contribution in [0.25, 0.3) is 0 Å². The van der Waals surface area contributed by atoms with Crippen LogP contribution in [0.2, 0.25) is 0 Å². The number of amides is 1. The van der Waals surface area contributed by atoms with Crippen LogP contribution in [-0.2, 0) is 9.53 Å². The summed E-state index contributed by atoms with van der Waals surface area (Å²) in [7, 11) is 3.43. The summed E-state index contributed by atoms with van der Waals surface area (Å²) in [5.74, 6) is 0.398. The largest absolute Gasteiger partial charge is 0.384 e. The van der Waals surface area contributed by atoms with E-state index in [0.717, 1.165) is 0 Å². The van der Waals surface area contributed by atoms with E-state index in [4.69, 9.17) is 10.5 Å². The van der Waals surface area contributed by atoms with E-state index >= 15 is 0 Å². The summed E-state index contributed by atoms with van der Waals surface area (Å²) >= 11 is 0. The molecule has 0 spiro atoms. The molecule has 0 aliphatic carbocycles. The molecule has 4 heteroatoms. The lowest BCUT2D eigenvalue weighted by atomic mass is 10.1. The fraction of sp³-hybridized carbons (Fsp3) is 0.900. The maximum Gasteiger partial charge on any atom is 0.222 e. The number of hydrogen-bond acceptors (Lipinski definition) is 3. The Morgan fingerprint density at radius 2 is 2.07 bits per heavy atom. The van der Waals surface area contributed by atoms with Gasteiger partial charge in [0.1, 0.15) is 0 Å². The molecule has 0 saturated carbocycles. The van der Waals surface area contributed by atoms with E-state index in [-0.39, 0.29) is 17.9 Å². The number of hydrogen-bond donors (Lipinski definition) is 1. The van der Waals surface area contributed by atoms with E-state index in [9.17, 15) is 4.79 Å². The molecule has 2 atom stereocenters. The van der Waals surface area contributed by atoms with E-state index in [2.05, 4.69) is 0 Å². The van der Waals surface area contributed by atoms with Crippen molar-refractivity contribution in [3.63, 3.8) is 0 Å². The number of nitrogens with zero attached hydrogens (tertiary/aromatic N) is 1. The Labute approximate surface area is 86.4 Å². The Bertz CT molecular complexity index is 172. The van der Waals surface area contributed by atoms with Gasteiger partial charge in [0, 0.05) is 39.8 Å². The van der Waals surface area contributed by atoms with Gasteiger partial charge in [-0.3, -0.25) is 4.79 Å². The number of methoxy groups -OCH3 is 1. The Morgan fingerprint density at radius 3 is 2.50 bits per heavy atom. The van der Waals surface area contributed by atoms with Crippen LogP contribution in [0.3, 0.4) is 0 Å². The van der Waals surface area contributed by atoms with Crippen molar-refractivity contribution < 1.29 is 9.53 Å². The topological polar surface area (TPSA) is 55.6 Å². The standard InChI is InChI=1S/C10H22N2O2/c1-8(7-14-4)5-10(13)12(3)6-9(2)11/h8-9H,5-7,11H2,1-4H3. The fourth-order valence-electron chi connectivity index (χ4n) is 1.33. The first-order valence-electron chi connectivity index (χ1n) is 4.95. The van der Waals surface area contributed by atoms with Crippen molar-refractivity contribution in [2.45, 2.75) is 26.3 Å². The molecule has 0 aromatic rings. The van der Waals surface area contributed by atoms with Crippen LogP contribution >= 0.6 is 0 Å². The highest BCUT2D eigenvalue weighted by atomic mass is 16.5. The molecular weight excluding hydrogens is 180 g/mol. The van der Waals surface area contributed by atoms with Crippen LogP contribution in [0.1, 0.15) is 20.3 Å². The van der Waals surface area contributed by atoms with E-state index in [1.54, 1.807) is 19.1 Å². The van der Waals surface area contributed by atoms with Crippen molar-refractivity contribution in [2.75, 3.05) is 27.3 Å². The van der Waals surface area contributed by atoms with Gasteiger partial charge in [0.25, 0.3) is 0 Å². The van der Waals surface area contributed by atoms with Crippen molar-refractivity contribution >= 4 is 5.91 Å². The van der Waals surface area contributed by atoms with E-state index in [0.29, 0.717) is 19.6 Å². The Kier molecular flexibility index (Phi) is 6.49. The van der Waals surface area contributed by atoms with Crippen molar-refractivity contribution in [3.8, 4) is 0 Å². The van der Waals surface area contributed by atoms with Crippen LogP contribution in [0.5, 0.6) is 0 Å². The van der Waals surface area contributed by atoms with Gasteiger partial charge in [-0.25, -0.2) is 0 Å². The van der Waals surface area contributed by atoms with Gasteiger partial charge in [0.15, 0.2) is 0 Å². The van der Waals surface area contributed by atoms with Crippen molar-refractivity contribution in [2.24, 2.45) is 11.7 Å². The lowest BCUT2D eigenvalue weighted by Crippen LogP contribution is -2.37. The van der Waals surface area contributed by atoms with Crippen LogP contribution in [0.4, 0.5) is 0 Å². The van der Waals surface area contributed by atoms with Gasteiger partial charge in [-0.2, -0.15) is 0 Å². The summed E-state index contributed by atoms with van der Waals surface area (Å²) in [4.78, 5) is 13.3. The number of ether oxygens (including phenoxy) is 1. The summed E-state index contributed by atoms with van der Waals surface area (Å²) in [6, 6.07) is 0.0293. The van der Waals surface area contributed by atoms with E-state index < -0.39 is 0 Å². The second kappa shape index (κ2) is 6.79. The highest BCUT2D eigenvalue weighted by Crippen LogP contribution is 2.04. The Hall–Kier alpha value is -0.610. The quantitative estimate of drug-likeness (QED) is 0.681. The summed E-state index contributed by atoms with van der Waals surface area (Å²) in [5.41, 5.74) is 5.60. The van der Waals surface area contributed by atoms with Gasteiger partial charge in [-0.1, -0.05) is 6.92 Å². The SMILES string of the molecule is COCC(C)CC(=O)N(C)CC(C)N. The maximum absolute atomic E-state index is 11.6. The average Bonchev–Trinajstić information content (AvgIpc) is 2.02. The van der Waals surface area contributed by atoms with Gasteiger partial charge < -0.3 is 15.4 Å². The molecular formula is C10H22N2O2. The third-order valence-electron chi connectivity index (χ3n) is 1.96. The molecule has 84 valence electrons. The molecule has 0 aliphatic heterocycles. The molecule has 0 aromatic heterocycles. The van der Waals surface area contributed by atoms with Crippen LogP contribution in [-0.4, -0.2) is 44.2 Å². The van der Waals surface area contributed by atoms with Crippen LogP contribution in [0.15, 0.2) is 0 Å². The molecule has 0 fully saturated rings. The fourth-order valence-corrected chi connectivity index (χ4v) is 1.33. The molecule has 0 saturated heterocycles. The van der Waals surface area contributed by atoms with Crippen molar-refractivity contribution in [3.05, 3.63) is 0 Å². The second-order valence-electron chi connectivity index (χ2n) is 4.02. The summed E-state index contributed by atoms with van der Waals surface area (Å²) < 4.78 is 4.97. The molecule has 0 aliphatic rings. The van der Waals surface area contributed by atoms with Crippen molar-refractivity contribution in [1.82, 2.24) is 4.90 Å². The second-order valence-corrected chi connectivity index (χ2v) is 4.02. The normalized spacial score (nSPS) is 14.9. The predicted octanol–water partition coefficient (Wildman–Crippen LogP) is 0.465. The first kappa shape index (κ1) is 13.4. The highest BCUT2D eigenvalue weighted by Gasteiger charge is 2.13. The lowest BCUT2D eigenvalue weighted by Gasteiger charge is -2.21. The minimum Gasteiger partial charge on any atom is -0.384 e. The first-order chi connectivity index (χ1) is 6.47. The molecule has 2 N–H and O–H groups in total. The number of likely N-dealkylation sites (N-methyl/N-ethyl adjacent to an activating group) is 1. The molecule has 14 heavy (non-hydrogen) atoms. The first-order valence-corrected chi connectivity index (χ1v) is 4.95. The molecule has 4 nitrogen and oxygen atoms in total. The zero-order chi connectivity index (χ0) is 11.1. The molecule has 0 radical (unpaired) electrons. The van der Waals surface area contributed by atoms with Gasteiger partial charge in [-0.05, 0) is 12.8 Å². The molecule has 1 amide bonds. The zero-order valence-electron chi connectivity index (χ0n) is 9.62. The summed E-state index contributed by atoms with van der Waals surface area (Å²) in [6.07, 6.45) is 0.525. The third kappa shape index (κ3) is 5.94. The molecule has 2 unspecified atom stereocenters. The zero-order valence-corrected chi connectivity index (χ0v) is 9.62. The number of nitrogens with two attached hydrogens (primary N) is 1.